The lowest BCUT2D eigenvalue weighted by Gasteiger charge is -2.27. The maximum absolute atomic E-state index is 12.7. The van der Waals surface area contributed by atoms with Crippen LogP contribution in [0.15, 0.2) is 36.5 Å². The largest absolute Gasteiger partial charge is 0.451 e. The molecule has 1 aromatic carbocycles. The van der Waals surface area contributed by atoms with Crippen LogP contribution in [0.2, 0.25) is 0 Å². The number of fused-ring (bicyclic) bond motifs is 1. The first-order valence-electron chi connectivity index (χ1n) is 8.44. The summed E-state index contributed by atoms with van der Waals surface area (Å²) in [5.74, 6) is -1.56. The van der Waals surface area contributed by atoms with Crippen LogP contribution in [0.4, 0.5) is 11.4 Å². The summed E-state index contributed by atoms with van der Waals surface area (Å²) in [6.45, 7) is 2.65. The number of esters is 1. The zero-order chi connectivity index (χ0) is 19.6. The monoisotopic (exact) mass is 369 g/mol. The number of rotatable bonds is 4. The van der Waals surface area contributed by atoms with E-state index in [2.05, 4.69) is 10.3 Å². The van der Waals surface area contributed by atoms with Crippen LogP contribution in [0.5, 0.6) is 0 Å². The number of nitrogens with zero attached hydrogens (tertiary/aromatic N) is 1. The van der Waals surface area contributed by atoms with E-state index in [0.717, 1.165) is 0 Å². The van der Waals surface area contributed by atoms with Crippen LogP contribution in [0, 0.1) is 0 Å². The van der Waals surface area contributed by atoms with Gasteiger partial charge in [0.2, 0.25) is 5.91 Å². The molecule has 0 spiro atoms. The zero-order valence-electron chi connectivity index (χ0n) is 14.9. The molecule has 140 valence electrons. The normalized spacial score (nSPS) is 16.1. The van der Waals surface area contributed by atoms with Gasteiger partial charge in [-0.05, 0) is 32.0 Å². The molecule has 2 N–H and O–H groups in total. The first-order chi connectivity index (χ1) is 12.9. The van der Waals surface area contributed by atoms with Gasteiger partial charge in [0.15, 0.2) is 12.4 Å². The topological polar surface area (TPSA) is 109 Å². The summed E-state index contributed by atoms with van der Waals surface area (Å²) >= 11 is 0. The van der Waals surface area contributed by atoms with E-state index in [-0.39, 0.29) is 23.8 Å². The Morgan fingerprint density at radius 1 is 1.26 bits per heavy atom. The summed E-state index contributed by atoms with van der Waals surface area (Å²) in [4.78, 5) is 52.2. The highest BCUT2D eigenvalue weighted by Gasteiger charge is 2.30. The highest BCUT2D eigenvalue weighted by atomic mass is 16.5. The van der Waals surface area contributed by atoms with Gasteiger partial charge in [-0.3, -0.25) is 14.4 Å². The number of H-pyrrole nitrogens is 1. The molecule has 3 rings (SSSR count). The minimum absolute atomic E-state index is 0.0918. The third-order valence-corrected chi connectivity index (χ3v) is 4.26. The molecule has 0 saturated heterocycles. The minimum Gasteiger partial charge on any atom is -0.451 e. The molecule has 8 nitrogen and oxygen atoms in total. The van der Waals surface area contributed by atoms with Crippen molar-refractivity contribution in [3.05, 3.63) is 47.8 Å². The van der Waals surface area contributed by atoms with Gasteiger partial charge >= 0.3 is 5.97 Å². The van der Waals surface area contributed by atoms with E-state index in [1.54, 1.807) is 31.2 Å². The average Bonchev–Trinajstić information content (AvgIpc) is 3.07. The fourth-order valence-corrected chi connectivity index (χ4v) is 2.96. The van der Waals surface area contributed by atoms with Crippen molar-refractivity contribution in [1.82, 2.24) is 4.98 Å². The molecule has 0 radical (unpaired) electrons. The van der Waals surface area contributed by atoms with Crippen molar-refractivity contribution in [2.45, 2.75) is 26.3 Å². The second-order valence-corrected chi connectivity index (χ2v) is 6.32. The Labute approximate surface area is 155 Å². The lowest BCUT2D eigenvalue weighted by atomic mass is 10.1. The van der Waals surface area contributed by atoms with Crippen LogP contribution < -0.4 is 10.2 Å². The quantitative estimate of drug-likeness (QED) is 0.634. The number of nitrogens with one attached hydrogen (secondary N) is 2. The van der Waals surface area contributed by atoms with E-state index in [0.29, 0.717) is 16.9 Å². The average molecular weight is 369 g/mol. The Kier molecular flexibility index (Phi) is 5.07. The SMILES string of the molecule is CC(=O)c1c[nH]c(C(=O)OCC(=O)N2c3ccccc3NC(=O)C[C@@H]2C)c1. The molecule has 8 heteroatoms. The number of anilines is 2. The highest BCUT2D eigenvalue weighted by Crippen LogP contribution is 2.31. The third-order valence-electron chi connectivity index (χ3n) is 4.26. The molecular formula is C19H19N3O5. The van der Waals surface area contributed by atoms with E-state index in [1.807, 2.05) is 0 Å². The summed E-state index contributed by atoms with van der Waals surface area (Å²) in [7, 11) is 0. The maximum Gasteiger partial charge on any atom is 0.355 e. The van der Waals surface area contributed by atoms with Crippen LogP contribution in [0.3, 0.4) is 0 Å². The van der Waals surface area contributed by atoms with Gasteiger partial charge in [-0.2, -0.15) is 0 Å². The van der Waals surface area contributed by atoms with Gasteiger partial charge in [-0.1, -0.05) is 12.1 Å². The highest BCUT2D eigenvalue weighted by molar-refractivity contribution is 6.05. The summed E-state index contributed by atoms with van der Waals surface area (Å²) in [6, 6.07) is 7.94. The van der Waals surface area contributed by atoms with E-state index in [9.17, 15) is 19.2 Å². The van der Waals surface area contributed by atoms with Crippen LogP contribution in [0.1, 0.15) is 41.1 Å². The standard InChI is InChI=1S/C19H19N3O5/c1-11-7-17(24)21-14-5-3-4-6-16(14)22(11)18(25)10-27-19(26)15-8-13(9-20-15)12(2)23/h3-6,8-9,11,20H,7,10H2,1-2H3,(H,21,24)/t11-/m0/s1. The predicted octanol–water partition coefficient (Wildman–Crippen LogP) is 2.14. The molecule has 0 unspecified atom stereocenters. The molecule has 2 amide bonds. The maximum atomic E-state index is 12.7. The molecule has 2 aromatic rings. The van der Waals surface area contributed by atoms with Crippen LogP contribution in [0.25, 0.3) is 0 Å². The van der Waals surface area contributed by atoms with Crippen molar-refractivity contribution < 1.29 is 23.9 Å². The Bertz CT molecular complexity index is 918. The van der Waals surface area contributed by atoms with Crippen LogP contribution in [-0.2, 0) is 14.3 Å². The second-order valence-electron chi connectivity index (χ2n) is 6.32. The van der Waals surface area contributed by atoms with Crippen molar-refractivity contribution in [2.24, 2.45) is 0 Å². The number of aromatic amines is 1. The van der Waals surface area contributed by atoms with Gasteiger partial charge in [-0.15, -0.1) is 0 Å². The number of hydrogen-bond acceptors (Lipinski definition) is 5. The van der Waals surface area contributed by atoms with Crippen molar-refractivity contribution in [2.75, 3.05) is 16.8 Å². The van der Waals surface area contributed by atoms with Gasteiger partial charge in [-0.25, -0.2) is 4.79 Å². The molecule has 0 aliphatic carbocycles. The molecule has 27 heavy (non-hydrogen) atoms. The molecule has 1 aliphatic heterocycles. The first kappa shape index (κ1) is 18.4. The Morgan fingerprint density at radius 3 is 2.70 bits per heavy atom. The number of carbonyl (C=O) groups excluding carboxylic acids is 4. The van der Waals surface area contributed by atoms with Gasteiger partial charge in [0.05, 0.1) is 11.4 Å². The lowest BCUT2D eigenvalue weighted by molar-refractivity contribution is -0.122. The number of benzene rings is 1. The summed E-state index contributed by atoms with van der Waals surface area (Å²) in [5.41, 5.74) is 1.53. The number of amides is 2. The zero-order valence-corrected chi connectivity index (χ0v) is 14.9. The number of ether oxygens (including phenoxy) is 1. The van der Waals surface area contributed by atoms with Crippen molar-refractivity contribution >= 4 is 34.9 Å². The molecule has 1 aliphatic rings. The number of hydrogen-bond donors (Lipinski definition) is 2. The minimum atomic E-state index is -0.735. The predicted molar refractivity (Wildman–Crippen MR) is 97.7 cm³/mol. The number of aromatic nitrogens is 1. The van der Waals surface area contributed by atoms with E-state index in [1.165, 1.54) is 24.1 Å². The molecule has 0 bridgehead atoms. The fourth-order valence-electron chi connectivity index (χ4n) is 2.96. The summed E-state index contributed by atoms with van der Waals surface area (Å²) in [6.07, 6.45) is 1.54. The lowest BCUT2D eigenvalue weighted by Crippen LogP contribution is -2.41. The van der Waals surface area contributed by atoms with Crippen molar-refractivity contribution in [3.8, 4) is 0 Å². The Hall–Kier alpha value is -3.42. The van der Waals surface area contributed by atoms with Crippen molar-refractivity contribution in [1.29, 1.82) is 0 Å². The molecule has 0 saturated carbocycles. The van der Waals surface area contributed by atoms with Crippen LogP contribution >= 0.6 is 0 Å². The Balaban J connectivity index is 1.74. The number of Topliss-reactive ketones (excluding diaryl/α,β-unsaturated/α-hetero) is 1. The van der Waals surface area contributed by atoms with Gasteiger partial charge < -0.3 is 19.9 Å². The molecule has 2 heterocycles. The fraction of sp³-hybridized carbons (Fsp3) is 0.263. The smallest absolute Gasteiger partial charge is 0.355 e. The molecule has 0 fully saturated rings. The molecular weight excluding hydrogens is 350 g/mol. The third kappa shape index (κ3) is 3.89. The number of carbonyl (C=O) groups is 4. The summed E-state index contributed by atoms with van der Waals surface area (Å²) < 4.78 is 5.09. The van der Waals surface area contributed by atoms with E-state index < -0.39 is 24.5 Å². The van der Waals surface area contributed by atoms with E-state index >= 15 is 0 Å². The number of ketones is 1. The van der Waals surface area contributed by atoms with Gasteiger partial charge in [0.1, 0.15) is 5.69 Å². The van der Waals surface area contributed by atoms with Gasteiger partial charge in [0.25, 0.3) is 5.91 Å². The summed E-state index contributed by atoms with van der Waals surface area (Å²) in [5, 5.41) is 2.76. The van der Waals surface area contributed by atoms with Crippen LogP contribution in [-0.4, -0.2) is 41.2 Å². The Morgan fingerprint density at radius 2 is 2.00 bits per heavy atom. The first-order valence-corrected chi connectivity index (χ1v) is 8.44. The molecule has 1 aromatic heterocycles. The molecule has 1 atom stereocenters. The second kappa shape index (κ2) is 7.45. The number of para-hydroxylation sites is 2. The van der Waals surface area contributed by atoms with Crippen molar-refractivity contribution in [3.63, 3.8) is 0 Å². The van der Waals surface area contributed by atoms with Gasteiger partial charge in [0, 0.05) is 24.2 Å². The van der Waals surface area contributed by atoms with E-state index in [4.69, 9.17) is 4.74 Å².